The second kappa shape index (κ2) is 8.91. The van der Waals surface area contributed by atoms with E-state index in [1.54, 1.807) is 0 Å². The van der Waals surface area contributed by atoms with Crippen LogP contribution in [0, 0.1) is 27.3 Å². The summed E-state index contributed by atoms with van der Waals surface area (Å²) in [5.41, 5.74) is -0.374. The van der Waals surface area contributed by atoms with Crippen molar-refractivity contribution in [3.8, 4) is 11.8 Å². The number of benzene rings is 2. The summed E-state index contributed by atoms with van der Waals surface area (Å²) in [6.07, 6.45) is 0. The topological polar surface area (TPSA) is 132 Å². The Labute approximate surface area is 152 Å². The van der Waals surface area contributed by atoms with Gasteiger partial charge in [0.2, 0.25) is 5.82 Å². The number of rotatable bonds is 7. The summed E-state index contributed by atoms with van der Waals surface area (Å²) in [5, 5.41) is 21.6. The summed E-state index contributed by atoms with van der Waals surface area (Å²) < 4.78 is 23.1. The van der Waals surface area contributed by atoms with Crippen LogP contribution in [0.1, 0.15) is 5.56 Å². The molecule has 2 aromatic rings. The summed E-state index contributed by atoms with van der Waals surface area (Å²) in [5.74, 6) is -2.28. The molecule has 0 aliphatic rings. The van der Waals surface area contributed by atoms with E-state index in [0.717, 1.165) is 18.2 Å². The number of amides is 1. The summed E-state index contributed by atoms with van der Waals surface area (Å²) >= 11 is 0. The van der Waals surface area contributed by atoms with Crippen molar-refractivity contribution >= 4 is 23.3 Å². The van der Waals surface area contributed by atoms with Gasteiger partial charge in [-0.1, -0.05) is 0 Å². The molecule has 0 aliphatic carbocycles. The van der Waals surface area contributed by atoms with Crippen LogP contribution in [0.5, 0.6) is 5.75 Å². The molecule has 0 unspecified atom stereocenters. The van der Waals surface area contributed by atoms with Crippen LogP contribution < -0.4 is 10.1 Å². The molecule has 0 atom stereocenters. The lowest BCUT2D eigenvalue weighted by atomic mass is 10.2. The number of nitro groups is 1. The van der Waals surface area contributed by atoms with Crippen LogP contribution in [0.2, 0.25) is 0 Å². The van der Waals surface area contributed by atoms with Crippen LogP contribution in [-0.4, -0.2) is 30.0 Å². The van der Waals surface area contributed by atoms with E-state index in [1.165, 1.54) is 24.3 Å². The molecular weight excluding hydrogens is 361 g/mol. The van der Waals surface area contributed by atoms with Crippen molar-refractivity contribution in [2.75, 3.05) is 18.5 Å². The highest BCUT2D eigenvalue weighted by molar-refractivity contribution is 5.93. The van der Waals surface area contributed by atoms with Gasteiger partial charge in [-0.15, -0.1) is 0 Å². The molecule has 1 N–H and O–H groups in total. The standard InChI is InChI=1S/C17H12FN3O6/c18-14-6-3-12(7-15(14)21(24)25)20-16(22)9-27-17(23)10-26-13-4-1-11(8-19)2-5-13/h1-7H,9-10H2,(H,20,22). The molecular formula is C17H12FN3O6. The van der Waals surface area contributed by atoms with E-state index in [2.05, 4.69) is 5.32 Å². The molecule has 0 heterocycles. The monoisotopic (exact) mass is 373 g/mol. The number of nitrogens with zero attached hydrogens (tertiary/aromatic N) is 2. The van der Waals surface area contributed by atoms with E-state index < -0.39 is 41.5 Å². The molecule has 0 radical (unpaired) electrons. The molecule has 0 aromatic heterocycles. The van der Waals surface area contributed by atoms with Gasteiger partial charge in [0.15, 0.2) is 13.2 Å². The zero-order chi connectivity index (χ0) is 19.8. The summed E-state index contributed by atoms with van der Waals surface area (Å²) in [6, 6.07) is 10.8. The van der Waals surface area contributed by atoms with Crippen molar-refractivity contribution in [1.29, 1.82) is 5.26 Å². The zero-order valence-electron chi connectivity index (χ0n) is 13.7. The van der Waals surface area contributed by atoms with Gasteiger partial charge in [0, 0.05) is 11.8 Å². The van der Waals surface area contributed by atoms with Gasteiger partial charge in [-0.3, -0.25) is 14.9 Å². The van der Waals surface area contributed by atoms with Crippen molar-refractivity contribution in [3.63, 3.8) is 0 Å². The molecule has 9 nitrogen and oxygen atoms in total. The average Bonchev–Trinajstić information content (AvgIpc) is 2.66. The van der Waals surface area contributed by atoms with Gasteiger partial charge in [0.25, 0.3) is 5.91 Å². The van der Waals surface area contributed by atoms with E-state index in [4.69, 9.17) is 14.7 Å². The number of nitriles is 1. The fourth-order valence-corrected chi connectivity index (χ4v) is 1.88. The number of esters is 1. The lowest BCUT2D eigenvalue weighted by molar-refractivity contribution is -0.387. The molecule has 0 spiro atoms. The number of carbonyl (C=O) groups is 2. The zero-order valence-corrected chi connectivity index (χ0v) is 13.7. The molecule has 0 saturated carbocycles. The van der Waals surface area contributed by atoms with Gasteiger partial charge in [-0.05, 0) is 36.4 Å². The van der Waals surface area contributed by atoms with Crippen LogP contribution in [-0.2, 0) is 14.3 Å². The molecule has 1 amide bonds. The first-order chi connectivity index (χ1) is 12.9. The Morgan fingerprint density at radius 3 is 2.52 bits per heavy atom. The van der Waals surface area contributed by atoms with Gasteiger partial charge in [-0.2, -0.15) is 9.65 Å². The number of nitro benzene ring substituents is 1. The van der Waals surface area contributed by atoms with Gasteiger partial charge in [0.05, 0.1) is 16.6 Å². The third-order valence-electron chi connectivity index (χ3n) is 3.13. The van der Waals surface area contributed by atoms with Crippen LogP contribution >= 0.6 is 0 Å². The predicted molar refractivity (Wildman–Crippen MR) is 89.3 cm³/mol. The average molecular weight is 373 g/mol. The minimum Gasteiger partial charge on any atom is -0.482 e. The lowest BCUT2D eigenvalue weighted by Crippen LogP contribution is -2.23. The maximum atomic E-state index is 13.2. The molecule has 2 rings (SSSR count). The highest BCUT2D eigenvalue weighted by atomic mass is 19.1. The fraction of sp³-hybridized carbons (Fsp3) is 0.118. The number of hydrogen-bond acceptors (Lipinski definition) is 7. The van der Waals surface area contributed by atoms with E-state index in [9.17, 15) is 24.1 Å². The normalized spacial score (nSPS) is 9.78. The number of carbonyl (C=O) groups excluding carboxylic acids is 2. The van der Waals surface area contributed by atoms with E-state index in [1.807, 2.05) is 6.07 Å². The highest BCUT2D eigenvalue weighted by Gasteiger charge is 2.16. The van der Waals surface area contributed by atoms with Crippen molar-refractivity contribution in [2.45, 2.75) is 0 Å². The van der Waals surface area contributed by atoms with Crippen LogP contribution in [0.15, 0.2) is 42.5 Å². The van der Waals surface area contributed by atoms with Gasteiger partial charge < -0.3 is 14.8 Å². The Bertz CT molecular complexity index is 908. The minimum atomic E-state index is -1.04. The lowest BCUT2D eigenvalue weighted by Gasteiger charge is -2.08. The molecule has 27 heavy (non-hydrogen) atoms. The number of halogens is 1. The largest absolute Gasteiger partial charge is 0.482 e. The van der Waals surface area contributed by atoms with Gasteiger partial charge in [-0.25, -0.2) is 4.79 Å². The SMILES string of the molecule is N#Cc1ccc(OCC(=O)OCC(=O)Nc2ccc(F)c([N+](=O)[O-])c2)cc1. The van der Waals surface area contributed by atoms with Crippen molar-refractivity contribution in [3.05, 3.63) is 64.0 Å². The third-order valence-corrected chi connectivity index (χ3v) is 3.13. The van der Waals surface area contributed by atoms with E-state index in [0.29, 0.717) is 11.3 Å². The summed E-state index contributed by atoms with van der Waals surface area (Å²) in [4.78, 5) is 33.0. The van der Waals surface area contributed by atoms with E-state index >= 15 is 0 Å². The Morgan fingerprint density at radius 1 is 1.19 bits per heavy atom. The Kier molecular flexibility index (Phi) is 6.38. The quantitative estimate of drug-likeness (QED) is 0.447. The molecule has 2 aromatic carbocycles. The second-order valence-electron chi connectivity index (χ2n) is 5.06. The van der Waals surface area contributed by atoms with Crippen LogP contribution in [0.25, 0.3) is 0 Å². The number of nitrogens with one attached hydrogen (secondary N) is 1. The maximum Gasteiger partial charge on any atom is 0.344 e. The summed E-state index contributed by atoms with van der Waals surface area (Å²) in [6.45, 7) is -1.11. The van der Waals surface area contributed by atoms with Crippen molar-refractivity contribution < 1.29 is 28.4 Å². The maximum absolute atomic E-state index is 13.2. The highest BCUT2D eigenvalue weighted by Crippen LogP contribution is 2.21. The first kappa shape index (κ1) is 19.3. The first-order valence-corrected chi connectivity index (χ1v) is 7.41. The van der Waals surface area contributed by atoms with E-state index in [-0.39, 0.29) is 5.69 Å². The smallest absolute Gasteiger partial charge is 0.344 e. The number of ether oxygens (including phenoxy) is 2. The predicted octanol–water partition coefficient (Wildman–Crippen LogP) is 2.17. The second-order valence-corrected chi connectivity index (χ2v) is 5.06. The van der Waals surface area contributed by atoms with Gasteiger partial charge >= 0.3 is 11.7 Å². The van der Waals surface area contributed by atoms with Crippen molar-refractivity contribution in [1.82, 2.24) is 0 Å². The molecule has 0 aliphatic heterocycles. The summed E-state index contributed by atoms with van der Waals surface area (Å²) in [7, 11) is 0. The Morgan fingerprint density at radius 2 is 1.89 bits per heavy atom. The molecule has 0 fully saturated rings. The molecule has 0 saturated heterocycles. The molecule has 0 bridgehead atoms. The third kappa shape index (κ3) is 5.79. The van der Waals surface area contributed by atoms with Gasteiger partial charge in [0.1, 0.15) is 5.75 Å². The molecule has 10 heteroatoms. The number of hydrogen-bond donors (Lipinski definition) is 1. The van der Waals surface area contributed by atoms with Crippen LogP contribution in [0.3, 0.4) is 0 Å². The van der Waals surface area contributed by atoms with Crippen LogP contribution in [0.4, 0.5) is 15.8 Å². The number of anilines is 1. The Hall–Kier alpha value is -4.00. The fourth-order valence-electron chi connectivity index (χ4n) is 1.88. The first-order valence-electron chi connectivity index (χ1n) is 7.41. The van der Waals surface area contributed by atoms with Crippen molar-refractivity contribution in [2.24, 2.45) is 0 Å². The minimum absolute atomic E-state index is 0.0158. The molecule has 138 valence electrons. The Balaban J connectivity index is 1.79.